The number of likely N-dealkylation sites (N-methyl/N-ethyl adjacent to an activating group) is 1. The third-order valence-electron chi connectivity index (χ3n) is 4.49. The van der Waals surface area contributed by atoms with Crippen molar-refractivity contribution in [1.82, 2.24) is 14.7 Å². The zero-order chi connectivity index (χ0) is 19.4. The first-order chi connectivity index (χ1) is 12.3. The minimum Gasteiger partial charge on any atom is -0.337 e. The molecule has 1 fully saturated rings. The smallest absolute Gasteiger partial charge is 0.334 e. The number of urea groups is 1. The van der Waals surface area contributed by atoms with Crippen LogP contribution in [0.15, 0.2) is 24.3 Å². The van der Waals surface area contributed by atoms with Crippen LogP contribution in [0.5, 0.6) is 0 Å². The zero-order valence-corrected chi connectivity index (χ0v) is 15.1. The van der Waals surface area contributed by atoms with Crippen molar-refractivity contribution in [3.8, 4) is 0 Å². The third kappa shape index (κ3) is 3.89. The number of carbonyl (C=O) groups is 4. The summed E-state index contributed by atoms with van der Waals surface area (Å²) in [6.45, 7) is 3.30. The van der Waals surface area contributed by atoms with Gasteiger partial charge < -0.3 is 4.90 Å². The van der Waals surface area contributed by atoms with E-state index >= 15 is 0 Å². The van der Waals surface area contributed by atoms with Crippen molar-refractivity contribution in [2.75, 3.05) is 20.1 Å². The molecular formula is C18H22FN3O4. The molecule has 0 N–H and O–H groups in total. The molecule has 0 bridgehead atoms. The molecule has 1 aromatic rings. The van der Waals surface area contributed by atoms with Crippen molar-refractivity contribution in [2.45, 2.75) is 32.7 Å². The van der Waals surface area contributed by atoms with E-state index in [0.29, 0.717) is 16.9 Å². The molecule has 1 aliphatic heterocycles. The maximum atomic E-state index is 13.0. The van der Waals surface area contributed by atoms with E-state index in [-0.39, 0.29) is 18.4 Å². The standard InChI is InChI=1S/C18H22FN3O4/c1-4-5-10-21-16(24)17(25)22(18(21)26)11-15(23)20(3)12(2)13-6-8-14(19)9-7-13/h6-9,12H,4-5,10-11H2,1-3H3. The molecule has 0 saturated carbocycles. The predicted molar refractivity (Wildman–Crippen MR) is 91.3 cm³/mol. The minimum atomic E-state index is -0.984. The number of nitrogens with zero attached hydrogens (tertiary/aromatic N) is 3. The molecule has 1 aliphatic rings. The average Bonchev–Trinajstić information content (AvgIpc) is 2.82. The summed E-state index contributed by atoms with van der Waals surface area (Å²) in [6.07, 6.45) is 1.36. The van der Waals surface area contributed by atoms with Gasteiger partial charge in [-0.1, -0.05) is 25.5 Å². The number of rotatable bonds is 7. The Kier molecular flexibility index (Phi) is 6.07. The minimum absolute atomic E-state index is 0.159. The molecule has 1 heterocycles. The summed E-state index contributed by atoms with van der Waals surface area (Å²) in [5.74, 6) is -2.75. The number of hydrogen-bond donors (Lipinski definition) is 0. The van der Waals surface area contributed by atoms with Gasteiger partial charge in [0.15, 0.2) is 0 Å². The lowest BCUT2D eigenvalue weighted by molar-refractivity contribution is -0.145. The fraction of sp³-hybridized carbons (Fsp3) is 0.444. The van der Waals surface area contributed by atoms with Gasteiger partial charge in [-0.25, -0.2) is 14.1 Å². The highest BCUT2D eigenvalue weighted by Gasteiger charge is 2.45. The lowest BCUT2D eigenvalue weighted by atomic mass is 10.1. The molecule has 5 amide bonds. The highest BCUT2D eigenvalue weighted by molar-refractivity contribution is 6.45. The Morgan fingerprint density at radius 2 is 1.69 bits per heavy atom. The Hall–Kier alpha value is -2.77. The fourth-order valence-corrected chi connectivity index (χ4v) is 2.63. The second kappa shape index (κ2) is 8.07. The fourth-order valence-electron chi connectivity index (χ4n) is 2.63. The van der Waals surface area contributed by atoms with Gasteiger partial charge >= 0.3 is 17.8 Å². The van der Waals surface area contributed by atoms with Gasteiger partial charge in [-0.3, -0.25) is 19.3 Å². The van der Waals surface area contributed by atoms with Gasteiger partial charge in [0.2, 0.25) is 5.91 Å². The van der Waals surface area contributed by atoms with E-state index in [2.05, 4.69) is 0 Å². The van der Waals surface area contributed by atoms with E-state index in [1.807, 2.05) is 6.92 Å². The van der Waals surface area contributed by atoms with Crippen LogP contribution >= 0.6 is 0 Å². The van der Waals surface area contributed by atoms with Crippen LogP contribution in [0.4, 0.5) is 9.18 Å². The van der Waals surface area contributed by atoms with Crippen LogP contribution < -0.4 is 0 Å². The number of imide groups is 2. The maximum Gasteiger partial charge on any atom is 0.334 e. The quantitative estimate of drug-likeness (QED) is 0.548. The summed E-state index contributed by atoms with van der Waals surface area (Å²) >= 11 is 0. The van der Waals surface area contributed by atoms with Crippen LogP contribution in [-0.2, 0) is 14.4 Å². The predicted octanol–water partition coefficient (Wildman–Crippen LogP) is 1.94. The monoisotopic (exact) mass is 363 g/mol. The van der Waals surface area contributed by atoms with E-state index < -0.39 is 30.3 Å². The summed E-state index contributed by atoms with van der Waals surface area (Å²) in [5.41, 5.74) is 0.710. The molecular weight excluding hydrogens is 341 g/mol. The summed E-state index contributed by atoms with van der Waals surface area (Å²) in [4.78, 5) is 51.6. The number of hydrogen-bond acceptors (Lipinski definition) is 4. The number of halogens is 1. The molecule has 1 atom stereocenters. The zero-order valence-electron chi connectivity index (χ0n) is 15.1. The van der Waals surface area contributed by atoms with E-state index in [1.54, 1.807) is 19.1 Å². The molecule has 0 radical (unpaired) electrons. The van der Waals surface area contributed by atoms with E-state index in [9.17, 15) is 23.6 Å². The average molecular weight is 363 g/mol. The molecule has 140 valence electrons. The maximum absolute atomic E-state index is 13.0. The first kappa shape index (κ1) is 19.6. The second-order valence-corrected chi connectivity index (χ2v) is 6.22. The lowest BCUT2D eigenvalue weighted by Crippen LogP contribution is -2.43. The lowest BCUT2D eigenvalue weighted by Gasteiger charge is -2.26. The van der Waals surface area contributed by atoms with Gasteiger partial charge in [-0.15, -0.1) is 0 Å². The van der Waals surface area contributed by atoms with Crippen LogP contribution in [0.1, 0.15) is 38.3 Å². The van der Waals surface area contributed by atoms with Gasteiger partial charge in [0.1, 0.15) is 12.4 Å². The van der Waals surface area contributed by atoms with Crippen LogP contribution in [0, 0.1) is 5.82 Å². The van der Waals surface area contributed by atoms with Crippen LogP contribution in [0.25, 0.3) is 0 Å². The van der Waals surface area contributed by atoms with E-state index in [4.69, 9.17) is 0 Å². The van der Waals surface area contributed by atoms with Crippen LogP contribution in [0.3, 0.4) is 0 Å². The summed E-state index contributed by atoms with van der Waals surface area (Å²) in [7, 11) is 1.53. The summed E-state index contributed by atoms with van der Waals surface area (Å²) in [6, 6.07) is 4.56. The van der Waals surface area contributed by atoms with Crippen LogP contribution in [-0.4, -0.2) is 58.6 Å². The Balaban J connectivity index is 2.06. The highest BCUT2D eigenvalue weighted by Crippen LogP contribution is 2.20. The molecule has 0 spiro atoms. The molecule has 26 heavy (non-hydrogen) atoms. The normalized spacial score (nSPS) is 15.6. The molecule has 2 rings (SSSR count). The first-order valence-corrected chi connectivity index (χ1v) is 8.46. The molecule has 1 unspecified atom stereocenters. The van der Waals surface area contributed by atoms with Crippen molar-refractivity contribution < 1.29 is 23.6 Å². The summed E-state index contributed by atoms with van der Waals surface area (Å²) in [5, 5.41) is 0. The van der Waals surface area contributed by atoms with E-state index in [1.165, 1.54) is 24.1 Å². The Morgan fingerprint density at radius 1 is 1.12 bits per heavy atom. The third-order valence-corrected chi connectivity index (χ3v) is 4.49. The summed E-state index contributed by atoms with van der Waals surface area (Å²) < 4.78 is 13.0. The molecule has 0 aliphatic carbocycles. The molecule has 0 aromatic heterocycles. The van der Waals surface area contributed by atoms with Crippen molar-refractivity contribution in [1.29, 1.82) is 0 Å². The van der Waals surface area contributed by atoms with Crippen molar-refractivity contribution in [3.05, 3.63) is 35.6 Å². The number of unbranched alkanes of at least 4 members (excludes halogenated alkanes) is 1. The van der Waals surface area contributed by atoms with Crippen molar-refractivity contribution in [3.63, 3.8) is 0 Å². The molecule has 1 saturated heterocycles. The van der Waals surface area contributed by atoms with Crippen molar-refractivity contribution in [2.24, 2.45) is 0 Å². The van der Waals surface area contributed by atoms with E-state index in [0.717, 1.165) is 11.3 Å². The SMILES string of the molecule is CCCCN1C(=O)C(=O)N(CC(=O)N(C)C(C)c2ccc(F)cc2)C1=O. The second-order valence-electron chi connectivity index (χ2n) is 6.22. The Labute approximate surface area is 151 Å². The van der Waals surface area contributed by atoms with Gasteiger partial charge in [0.05, 0.1) is 6.04 Å². The Morgan fingerprint density at radius 3 is 2.27 bits per heavy atom. The molecule has 7 nitrogen and oxygen atoms in total. The van der Waals surface area contributed by atoms with Crippen LogP contribution in [0.2, 0.25) is 0 Å². The van der Waals surface area contributed by atoms with Gasteiger partial charge in [0.25, 0.3) is 0 Å². The number of amides is 5. The highest BCUT2D eigenvalue weighted by atomic mass is 19.1. The number of benzene rings is 1. The largest absolute Gasteiger partial charge is 0.337 e. The number of carbonyl (C=O) groups excluding carboxylic acids is 4. The van der Waals surface area contributed by atoms with Gasteiger partial charge in [0, 0.05) is 13.6 Å². The Bertz CT molecular complexity index is 720. The molecule has 1 aromatic carbocycles. The first-order valence-electron chi connectivity index (χ1n) is 8.46. The van der Waals surface area contributed by atoms with Gasteiger partial charge in [-0.2, -0.15) is 0 Å². The molecule has 8 heteroatoms. The topological polar surface area (TPSA) is 78.0 Å². The van der Waals surface area contributed by atoms with Gasteiger partial charge in [-0.05, 0) is 31.0 Å². The van der Waals surface area contributed by atoms with Crippen molar-refractivity contribution >= 4 is 23.8 Å².